The number of β-amino-alcohol motifs (C(OH)–C–C–N with tert-alkyl or cyclic N) is 1. The second kappa shape index (κ2) is 5.75. The van der Waals surface area contributed by atoms with Gasteiger partial charge in [-0.2, -0.15) is 0 Å². The number of amides is 2. The van der Waals surface area contributed by atoms with Crippen LogP contribution in [0.2, 0.25) is 0 Å². The number of furan rings is 1. The summed E-state index contributed by atoms with van der Waals surface area (Å²) in [6.45, 7) is 3.33. The van der Waals surface area contributed by atoms with Crippen molar-refractivity contribution in [1.29, 1.82) is 0 Å². The number of anilines is 1. The lowest BCUT2D eigenvalue weighted by Gasteiger charge is -2.21. The topological polar surface area (TPSA) is 74.9 Å². The van der Waals surface area contributed by atoms with Crippen molar-refractivity contribution in [2.45, 2.75) is 13.0 Å². The lowest BCUT2D eigenvalue weighted by Crippen LogP contribution is -2.40. The predicted octanol–water partition coefficient (Wildman–Crippen LogP) is 1.97. The molecule has 2 amide bonds. The Kier molecular flexibility index (Phi) is 3.81. The Morgan fingerprint density at radius 1 is 1.43 bits per heavy atom. The molecule has 1 atom stereocenters. The molecule has 2 N–H and O–H groups in total. The van der Waals surface area contributed by atoms with Crippen LogP contribution in [0.15, 0.2) is 28.7 Å². The van der Waals surface area contributed by atoms with Crippen LogP contribution in [0.4, 0.5) is 10.5 Å². The molecule has 1 aliphatic rings. The van der Waals surface area contributed by atoms with Crippen LogP contribution in [0.1, 0.15) is 5.76 Å². The smallest absolute Gasteiger partial charge is 0.322 e. The highest BCUT2D eigenvalue weighted by atomic mass is 16.5. The monoisotopic (exact) mass is 290 g/mol. The number of aryl methyl sites for hydroxylation is 1. The van der Waals surface area contributed by atoms with Crippen molar-refractivity contribution in [2.24, 2.45) is 0 Å². The molecule has 21 heavy (non-hydrogen) atoms. The van der Waals surface area contributed by atoms with Gasteiger partial charge in [0.2, 0.25) is 0 Å². The number of carbonyl (C=O) groups is 1. The molecule has 2 aromatic rings. The molecule has 1 saturated heterocycles. The minimum absolute atomic E-state index is 0.237. The number of rotatable bonds is 1. The maximum Gasteiger partial charge on any atom is 0.322 e. The van der Waals surface area contributed by atoms with Gasteiger partial charge in [-0.1, -0.05) is 0 Å². The van der Waals surface area contributed by atoms with Crippen molar-refractivity contribution in [3.8, 4) is 0 Å². The average Bonchev–Trinajstić information content (AvgIpc) is 2.66. The van der Waals surface area contributed by atoms with E-state index < -0.39 is 6.10 Å². The van der Waals surface area contributed by atoms with Gasteiger partial charge in [0.25, 0.3) is 0 Å². The molecule has 0 spiro atoms. The number of aliphatic hydroxyl groups excluding tert-OH is 1. The first-order valence-electron chi connectivity index (χ1n) is 6.94. The van der Waals surface area contributed by atoms with Gasteiger partial charge in [-0.3, -0.25) is 0 Å². The number of fused-ring (bicyclic) bond motifs is 1. The first-order chi connectivity index (χ1) is 10.1. The van der Waals surface area contributed by atoms with Crippen LogP contribution in [0.3, 0.4) is 0 Å². The van der Waals surface area contributed by atoms with Gasteiger partial charge in [0.15, 0.2) is 0 Å². The van der Waals surface area contributed by atoms with Crippen molar-refractivity contribution >= 4 is 22.7 Å². The van der Waals surface area contributed by atoms with Gasteiger partial charge in [-0.15, -0.1) is 0 Å². The number of urea groups is 1. The van der Waals surface area contributed by atoms with Gasteiger partial charge in [-0.05, 0) is 31.2 Å². The summed E-state index contributed by atoms with van der Waals surface area (Å²) in [5.41, 5.74) is 1.50. The zero-order chi connectivity index (χ0) is 14.8. The molecule has 1 aliphatic heterocycles. The maximum absolute atomic E-state index is 12.2. The minimum atomic E-state index is -0.641. The summed E-state index contributed by atoms with van der Waals surface area (Å²) in [4.78, 5) is 13.8. The van der Waals surface area contributed by atoms with E-state index in [0.29, 0.717) is 18.8 Å². The highest BCUT2D eigenvalue weighted by Gasteiger charge is 2.21. The number of benzene rings is 1. The third-order valence-electron chi connectivity index (χ3n) is 3.42. The number of hydrogen-bond donors (Lipinski definition) is 2. The average molecular weight is 290 g/mol. The molecule has 112 valence electrons. The molecule has 0 aliphatic carbocycles. The lowest BCUT2D eigenvalue weighted by molar-refractivity contribution is 0.0575. The van der Waals surface area contributed by atoms with Crippen LogP contribution in [0, 0.1) is 6.92 Å². The molecule has 1 aromatic carbocycles. The first-order valence-corrected chi connectivity index (χ1v) is 6.94. The van der Waals surface area contributed by atoms with Crippen molar-refractivity contribution in [3.05, 3.63) is 30.0 Å². The molecule has 0 radical (unpaired) electrons. The van der Waals surface area contributed by atoms with Crippen molar-refractivity contribution in [2.75, 3.05) is 31.6 Å². The summed E-state index contributed by atoms with van der Waals surface area (Å²) >= 11 is 0. The Bertz CT molecular complexity index is 652. The van der Waals surface area contributed by atoms with Gasteiger partial charge >= 0.3 is 6.03 Å². The van der Waals surface area contributed by atoms with Gasteiger partial charge in [0.05, 0.1) is 25.9 Å². The molecule has 0 unspecified atom stereocenters. The molecule has 0 bridgehead atoms. The van der Waals surface area contributed by atoms with E-state index in [1.165, 1.54) is 0 Å². The summed E-state index contributed by atoms with van der Waals surface area (Å²) in [6.07, 6.45) is -0.641. The van der Waals surface area contributed by atoms with E-state index in [1.54, 1.807) is 11.0 Å². The molecule has 0 saturated carbocycles. The highest BCUT2D eigenvalue weighted by Crippen LogP contribution is 2.22. The number of hydrogen-bond acceptors (Lipinski definition) is 4. The van der Waals surface area contributed by atoms with E-state index in [2.05, 4.69) is 5.32 Å². The molecule has 6 heteroatoms. The molecule has 1 aromatic heterocycles. The Balaban J connectivity index is 1.72. The van der Waals surface area contributed by atoms with Crippen LogP contribution in [0.25, 0.3) is 11.0 Å². The quantitative estimate of drug-likeness (QED) is 0.842. The van der Waals surface area contributed by atoms with Crippen LogP contribution < -0.4 is 5.32 Å². The van der Waals surface area contributed by atoms with Gasteiger partial charge in [-0.25, -0.2) is 4.79 Å². The van der Waals surface area contributed by atoms with E-state index in [1.807, 2.05) is 25.1 Å². The second-order valence-corrected chi connectivity index (χ2v) is 5.21. The number of carbonyl (C=O) groups excluding carboxylic acids is 1. The SMILES string of the molecule is Cc1cc2cc(NC(=O)N3CCOC[C@@H](O)C3)ccc2o1. The highest BCUT2D eigenvalue weighted by molar-refractivity contribution is 5.92. The number of nitrogens with one attached hydrogen (secondary N) is 1. The molecular weight excluding hydrogens is 272 g/mol. The Morgan fingerprint density at radius 2 is 2.29 bits per heavy atom. The summed E-state index contributed by atoms with van der Waals surface area (Å²) in [7, 11) is 0. The summed E-state index contributed by atoms with van der Waals surface area (Å²) < 4.78 is 10.7. The zero-order valence-corrected chi connectivity index (χ0v) is 11.8. The Morgan fingerprint density at radius 3 is 3.14 bits per heavy atom. The fourth-order valence-electron chi connectivity index (χ4n) is 2.43. The van der Waals surface area contributed by atoms with Crippen molar-refractivity contribution < 1.29 is 19.1 Å². The normalized spacial score (nSPS) is 19.5. The van der Waals surface area contributed by atoms with Gasteiger partial charge in [0, 0.05) is 17.6 Å². The third kappa shape index (κ3) is 3.17. The van der Waals surface area contributed by atoms with Crippen molar-refractivity contribution in [1.82, 2.24) is 4.90 Å². The van der Waals surface area contributed by atoms with E-state index in [0.717, 1.165) is 16.7 Å². The Hall–Kier alpha value is -2.05. The van der Waals surface area contributed by atoms with Gasteiger partial charge < -0.3 is 24.5 Å². The fraction of sp³-hybridized carbons (Fsp3) is 0.400. The largest absolute Gasteiger partial charge is 0.461 e. The fourth-order valence-corrected chi connectivity index (χ4v) is 2.43. The van der Waals surface area contributed by atoms with E-state index >= 15 is 0 Å². The van der Waals surface area contributed by atoms with Crippen LogP contribution in [-0.4, -0.2) is 48.4 Å². The number of aliphatic hydroxyl groups is 1. The van der Waals surface area contributed by atoms with Gasteiger partial charge in [0.1, 0.15) is 11.3 Å². The van der Waals surface area contributed by atoms with Crippen LogP contribution in [-0.2, 0) is 4.74 Å². The number of ether oxygens (including phenoxy) is 1. The van der Waals surface area contributed by atoms with E-state index in [-0.39, 0.29) is 19.2 Å². The third-order valence-corrected chi connectivity index (χ3v) is 3.42. The second-order valence-electron chi connectivity index (χ2n) is 5.21. The molecule has 1 fully saturated rings. The maximum atomic E-state index is 12.2. The minimum Gasteiger partial charge on any atom is -0.461 e. The van der Waals surface area contributed by atoms with E-state index in [4.69, 9.17) is 9.15 Å². The molecule has 6 nitrogen and oxygen atoms in total. The van der Waals surface area contributed by atoms with Crippen LogP contribution >= 0.6 is 0 Å². The zero-order valence-electron chi connectivity index (χ0n) is 11.8. The molecule has 2 heterocycles. The molecular formula is C15H18N2O4. The summed E-state index contributed by atoms with van der Waals surface area (Å²) in [5.74, 6) is 0.835. The first kappa shape index (κ1) is 13.9. The van der Waals surface area contributed by atoms with Crippen molar-refractivity contribution in [3.63, 3.8) is 0 Å². The van der Waals surface area contributed by atoms with E-state index in [9.17, 15) is 9.90 Å². The summed E-state index contributed by atoms with van der Waals surface area (Å²) in [6, 6.07) is 7.19. The lowest BCUT2D eigenvalue weighted by atomic mass is 10.2. The van der Waals surface area contributed by atoms with Crippen LogP contribution in [0.5, 0.6) is 0 Å². The standard InChI is InChI=1S/C15H18N2O4/c1-10-6-11-7-12(2-3-14(11)21-10)16-15(19)17-4-5-20-9-13(18)8-17/h2-3,6-7,13,18H,4-5,8-9H2,1H3,(H,16,19)/t13-/m0/s1. The Labute approximate surface area is 122 Å². The molecule has 3 rings (SSSR count). The predicted molar refractivity (Wildman–Crippen MR) is 78.4 cm³/mol. The number of nitrogens with zero attached hydrogens (tertiary/aromatic N) is 1. The summed E-state index contributed by atoms with van der Waals surface area (Å²) in [5, 5.41) is 13.4.